The molecule has 3 aromatic carbocycles. The highest BCUT2D eigenvalue weighted by Crippen LogP contribution is 2.38. The van der Waals surface area contributed by atoms with Crippen molar-refractivity contribution >= 4 is 48.9 Å². The first kappa shape index (κ1) is 23.1. The van der Waals surface area contributed by atoms with Crippen molar-refractivity contribution in [2.75, 3.05) is 16.2 Å². The van der Waals surface area contributed by atoms with E-state index in [1.807, 2.05) is 13.8 Å². The van der Waals surface area contributed by atoms with Gasteiger partial charge in [-0.05, 0) is 61.9 Å². The van der Waals surface area contributed by atoms with Crippen LogP contribution in [-0.4, -0.2) is 31.5 Å². The molecular formula is C25H23N3O5S2. The topological polar surface area (TPSA) is 97.7 Å². The van der Waals surface area contributed by atoms with Crippen molar-refractivity contribution in [1.82, 2.24) is 4.57 Å². The lowest BCUT2D eigenvalue weighted by Gasteiger charge is -2.35. The summed E-state index contributed by atoms with van der Waals surface area (Å²) < 4.78 is 36.6. The molecule has 1 aromatic heterocycles. The van der Waals surface area contributed by atoms with Gasteiger partial charge in [-0.15, -0.1) is 0 Å². The number of hydrogen-bond acceptors (Lipinski definition) is 6. The molecule has 1 amide bonds. The Balaban J connectivity index is 1.48. The molecule has 0 fully saturated rings. The van der Waals surface area contributed by atoms with Crippen LogP contribution in [0.25, 0.3) is 10.2 Å². The summed E-state index contributed by atoms with van der Waals surface area (Å²) in [5.41, 5.74) is 3.47. The molecule has 4 aromatic rings. The van der Waals surface area contributed by atoms with E-state index in [-0.39, 0.29) is 16.3 Å². The monoisotopic (exact) mass is 509 g/mol. The first-order chi connectivity index (χ1) is 16.6. The summed E-state index contributed by atoms with van der Waals surface area (Å²) in [6.07, 6.45) is -1.07. The van der Waals surface area contributed by atoms with Crippen molar-refractivity contribution in [2.45, 2.75) is 24.8 Å². The van der Waals surface area contributed by atoms with Gasteiger partial charge >= 0.3 is 4.87 Å². The highest BCUT2D eigenvalue weighted by molar-refractivity contribution is 7.92. The second-order valence-electron chi connectivity index (χ2n) is 8.53. The number of thiazole rings is 1. The standard InChI is InChI=1S/C25H23N3O5S2/c1-15-4-8-18(9-5-15)35(31,32)28-14-22(33-21-12-16(2)6-10-19(21)28)24(29)26-17-7-11-20-23(13-17)34-25(30)27(20)3/h4-13,22H,14H2,1-3H3,(H,26,29)/t22-/m1/s1. The Hall–Kier alpha value is -3.63. The predicted molar refractivity (Wildman–Crippen MR) is 137 cm³/mol. The number of nitrogens with one attached hydrogen (secondary N) is 1. The molecule has 2 heterocycles. The number of carbonyl (C=O) groups is 1. The largest absolute Gasteiger partial charge is 0.476 e. The molecule has 0 saturated carbocycles. The molecule has 0 saturated heterocycles. The van der Waals surface area contributed by atoms with Gasteiger partial charge in [-0.1, -0.05) is 35.1 Å². The maximum Gasteiger partial charge on any atom is 0.307 e. The van der Waals surface area contributed by atoms with E-state index in [1.54, 1.807) is 72.3 Å². The Morgan fingerprint density at radius 3 is 2.49 bits per heavy atom. The molecule has 0 unspecified atom stereocenters. The summed E-state index contributed by atoms with van der Waals surface area (Å²) in [6.45, 7) is 3.57. The van der Waals surface area contributed by atoms with E-state index in [9.17, 15) is 18.0 Å². The first-order valence-corrected chi connectivity index (χ1v) is 13.2. The number of hydrogen-bond donors (Lipinski definition) is 1. The van der Waals surface area contributed by atoms with Crippen LogP contribution in [0.15, 0.2) is 70.4 Å². The summed E-state index contributed by atoms with van der Waals surface area (Å²) in [7, 11) is -2.25. The van der Waals surface area contributed by atoms with Crippen molar-refractivity contribution in [2.24, 2.45) is 7.05 Å². The average molecular weight is 510 g/mol. The molecule has 1 atom stereocenters. The van der Waals surface area contributed by atoms with E-state index in [0.29, 0.717) is 17.1 Å². The third-order valence-corrected chi connectivity index (χ3v) is 8.74. The molecular weight excluding hydrogens is 486 g/mol. The number of rotatable bonds is 4. The fraction of sp³-hybridized carbons (Fsp3) is 0.200. The van der Waals surface area contributed by atoms with E-state index < -0.39 is 22.0 Å². The van der Waals surface area contributed by atoms with Crippen LogP contribution < -0.4 is 19.2 Å². The van der Waals surface area contributed by atoms with Gasteiger partial charge in [0.05, 0.1) is 27.3 Å². The minimum atomic E-state index is -3.94. The van der Waals surface area contributed by atoms with E-state index in [2.05, 4.69) is 5.32 Å². The second kappa shape index (κ2) is 8.54. The van der Waals surface area contributed by atoms with E-state index in [0.717, 1.165) is 32.7 Å². The van der Waals surface area contributed by atoms with Gasteiger partial charge in [-0.2, -0.15) is 0 Å². The van der Waals surface area contributed by atoms with Crippen LogP contribution in [0, 0.1) is 13.8 Å². The number of benzene rings is 3. The Labute approximate surface area is 206 Å². The molecule has 0 bridgehead atoms. The minimum absolute atomic E-state index is 0.0944. The fourth-order valence-corrected chi connectivity index (χ4v) is 6.39. The van der Waals surface area contributed by atoms with Gasteiger partial charge in [0, 0.05) is 12.7 Å². The van der Waals surface area contributed by atoms with Crippen molar-refractivity contribution in [1.29, 1.82) is 0 Å². The second-order valence-corrected chi connectivity index (χ2v) is 11.4. The van der Waals surface area contributed by atoms with Crippen molar-refractivity contribution in [3.05, 3.63) is 81.5 Å². The Morgan fingerprint density at radius 2 is 1.74 bits per heavy atom. The van der Waals surface area contributed by atoms with Gasteiger partial charge in [0.2, 0.25) is 0 Å². The quantitative estimate of drug-likeness (QED) is 0.451. The van der Waals surface area contributed by atoms with Crippen LogP contribution in [0.3, 0.4) is 0 Å². The maximum atomic E-state index is 13.6. The predicted octanol–water partition coefficient (Wildman–Crippen LogP) is 3.81. The van der Waals surface area contributed by atoms with Gasteiger partial charge in [0.1, 0.15) is 5.75 Å². The lowest BCUT2D eigenvalue weighted by molar-refractivity contribution is -0.122. The summed E-state index contributed by atoms with van der Waals surface area (Å²) in [5, 5.41) is 2.81. The molecule has 8 nitrogen and oxygen atoms in total. The molecule has 0 aliphatic carbocycles. The highest BCUT2D eigenvalue weighted by atomic mass is 32.2. The number of carbonyl (C=O) groups excluding carboxylic acids is 1. The normalized spacial score (nSPS) is 15.5. The lowest BCUT2D eigenvalue weighted by atomic mass is 10.1. The van der Waals surface area contributed by atoms with Gasteiger partial charge < -0.3 is 14.6 Å². The Kier molecular flexibility index (Phi) is 5.65. The molecule has 10 heteroatoms. The molecule has 1 aliphatic heterocycles. The highest BCUT2D eigenvalue weighted by Gasteiger charge is 2.37. The number of amides is 1. The minimum Gasteiger partial charge on any atom is -0.476 e. The molecule has 180 valence electrons. The van der Waals surface area contributed by atoms with E-state index in [4.69, 9.17) is 4.74 Å². The number of ether oxygens (including phenoxy) is 1. The average Bonchev–Trinajstić information content (AvgIpc) is 3.11. The zero-order chi connectivity index (χ0) is 24.9. The van der Waals surface area contributed by atoms with Crippen LogP contribution in [0.2, 0.25) is 0 Å². The zero-order valence-electron chi connectivity index (χ0n) is 19.3. The molecule has 0 spiro atoms. The summed E-state index contributed by atoms with van der Waals surface area (Å²) in [6, 6.07) is 17.0. The molecule has 0 radical (unpaired) electrons. The number of aryl methyl sites for hydroxylation is 3. The van der Waals surface area contributed by atoms with Crippen LogP contribution >= 0.6 is 11.3 Å². The lowest BCUT2D eigenvalue weighted by Crippen LogP contribution is -2.48. The summed E-state index contributed by atoms with van der Waals surface area (Å²) >= 11 is 1.09. The molecule has 35 heavy (non-hydrogen) atoms. The first-order valence-electron chi connectivity index (χ1n) is 10.9. The van der Waals surface area contributed by atoms with Crippen molar-refractivity contribution in [3.63, 3.8) is 0 Å². The fourth-order valence-electron chi connectivity index (χ4n) is 4.00. The third-order valence-electron chi connectivity index (χ3n) is 5.95. The molecule has 1 aliphatic rings. The Morgan fingerprint density at radius 1 is 1.03 bits per heavy atom. The van der Waals surface area contributed by atoms with Crippen LogP contribution in [0.1, 0.15) is 11.1 Å². The Bertz CT molecular complexity index is 1620. The van der Waals surface area contributed by atoms with E-state index in [1.165, 1.54) is 4.31 Å². The van der Waals surface area contributed by atoms with Crippen LogP contribution in [0.4, 0.5) is 11.4 Å². The van der Waals surface area contributed by atoms with Gasteiger partial charge in [-0.3, -0.25) is 13.9 Å². The summed E-state index contributed by atoms with van der Waals surface area (Å²) in [4.78, 5) is 25.2. The number of anilines is 2. The van der Waals surface area contributed by atoms with Gasteiger partial charge in [-0.25, -0.2) is 8.42 Å². The number of sulfonamides is 1. The smallest absolute Gasteiger partial charge is 0.307 e. The van der Waals surface area contributed by atoms with Gasteiger partial charge in [0.25, 0.3) is 15.9 Å². The molecule has 5 rings (SSSR count). The number of fused-ring (bicyclic) bond motifs is 2. The zero-order valence-corrected chi connectivity index (χ0v) is 20.9. The van der Waals surface area contributed by atoms with Crippen molar-refractivity contribution < 1.29 is 17.9 Å². The summed E-state index contributed by atoms with van der Waals surface area (Å²) in [5.74, 6) is -0.160. The number of aromatic nitrogens is 1. The van der Waals surface area contributed by atoms with Crippen LogP contribution in [0.5, 0.6) is 5.75 Å². The third kappa shape index (κ3) is 4.19. The SMILES string of the molecule is Cc1ccc(S(=O)(=O)N2C[C@H](C(=O)Nc3ccc4c(c3)sc(=O)n4C)Oc3cc(C)ccc32)cc1. The van der Waals surface area contributed by atoms with Crippen LogP contribution in [-0.2, 0) is 21.9 Å². The maximum absolute atomic E-state index is 13.6. The van der Waals surface area contributed by atoms with Crippen molar-refractivity contribution in [3.8, 4) is 5.75 Å². The molecule has 1 N–H and O–H groups in total. The van der Waals surface area contributed by atoms with E-state index >= 15 is 0 Å². The van der Waals surface area contributed by atoms with Gasteiger partial charge in [0.15, 0.2) is 6.10 Å². The number of nitrogens with zero attached hydrogens (tertiary/aromatic N) is 2.